The molecule has 1 saturated carbocycles. The van der Waals surface area contributed by atoms with Crippen molar-refractivity contribution in [2.24, 2.45) is 5.92 Å². The number of carbonyl (C=O) groups is 1. The molecule has 1 amide bonds. The molecule has 1 aromatic carbocycles. The molecule has 2 atom stereocenters. The largest absolute Gasteiger partial charge is 0.300 e. The maximum Gasteiger partial charge on any atom is 0.229 e. The molecule has 6 heteroatoms. The maximum absolute atomic E-state index is 12.9. The first-order valence-corrected chi connectivity index (χ1v) is 7.37. The average molecular weight is 291 g/mol. The maximum atomic E-state index is 12.9. The Morgan fingerprint density at radius 1 is 1.40 bits per heavy atom. The highest BCUT2D eigenvalue weighted by molar-refractivity contribution is 7.15. The zero-order chi connectivity index (χ0) is 14.1. The Labute approximate surface area is 120 Å². The van der Waals surface area contributed by atoms with Gasteiger partial charge in [-0.3, -0.25) is 4.79 Å². The van der Waals surface area contributed by atoms with Crippen molar-refractivity contribution in [3.05, 3.63) is 40.7 Å². The molecule has 1 aliphatic rings. The molecule has 1 heterocycles. The smallest absolute Gasteiger partial charge is 0.229 e. The molecule has 0 aliphatic heterocycles. The number of nitrogens with one attached hydrogen (secondary N) is 1. The van der Waals surface area contributed by atoms with Gasteiger partial charge in [0.15, 0.2) is 0 Å². The molecular weight excluding hydrogens is 277 g/mol. The molecule has 2 unspecified atom stereocenters. The standard InChI is InChI=1S/C14H14FN3OS/c1-2-12-17-18-14(20-12)16-13(19)11-7-10(11)8-3-5-9(15)6-4-8/h3-6,10-11H,2,7H2,1H3,(H,16,18,19). The molecule has 0 spiro atoms. The number of halogens is 1. The van der Waals surface area contributed by atoms with Gasteiger partial charge in [0.05, 0.1) is 0 Å². The number of amides is 1. The van der Waals surface area contributed by atoms with Gasteiger partial charge in [-0.25, -0.2) is 4.39 Å². The van der Waals surface area contributed by atoms with Crippen molar-refractivity contribution in [1.82, 2.24) is 10.2 Å². The minimum atomic E-state index is -0.253. The SMILES string of the molecule is CCc1nnc(NC(=O)C2CC2c2ccc(F)cc2)s1. The summed E-state index contributed by atoms with van der Waals surface area (Å²) >= 11 is 1.40. The van der Waals surface area contributed by atoms with E-state index in [0.717, 1.165) is 23.4 Å². The molecule has 1 N–H and O–H groups in total. The average Bonchev–Trinajstić information content (AvgIpc) is 3.13. The van der Waals surface area contributed by atoms with Gasteiger partial charge in [-0.2, -0.15) is 0 Å². The second kappa shape index (κ2) is 5.28. The lowest BCUT2D eigenvalue weighted by Crippen LogP contribution is -2.14. The molecule has 0 radical (unpaired) electrons. The van der Waals surface area contributed by atoms with Crippen LogP contribution in [0.1, 0.15) is 29.8 Å². The van der Waals surface area contributed by atoms with Crippen LogP contribution in [0.25, 0.3) is 0 Å². The van der Waals surface area contributed by atoms with E-state index in [0.29, 0.717) is 5.13 Å². The normalized spacial score (nSPS) is 20.7. The summed E-state index contributed by atoms with van der Waals surface area (Å²) in [5, 5.41) is 12.2. The van der Waals surface area contributed by atoms with E-state index in [4.69, 9.17) is 0 Å². The number of hydrogen-bond acceptors (Lipinski definition) is 4. The molecular formula is C14H14FN3OS. The second-order valence-corrected chi connectivity index (χ2v) is 5.91. The molecule has 1 aliphatic carbocycles. The van der Waals surface area contributed by atoms with Crippen LogP contribution in [0.3, 0.4) is 0 Å². The highest BCUT2D eigenvalue weighted by Gasteiger charge is 2.44. The lowest BCUT2D eigenvalue weighted by molar-refractivity contribution is -0.117. The van der Waals surface area contributed by atoms with Crippen LogP contribution in [0.4, 0.5) is 9.52 Å². The van der Waals surface area contributed by atoms with Gasteiger partial charge in [0.2, 0.25) is 11.0 Å². The fraction of sp³-hybridized carbons (Fsp3) is 0.357. The van der Waals surface area contributed by atoms with Crippen LogP contribution < -0.4 is 5.32 Å². The summed E-state index contributed by atoms with van der Waals surface area (Å²) in [7, 11) is 0. The van der Waals surface area contributed by atoms with Gasteiger partial charge in [-0.1, -0.05) is 30.4 Å². The van der Waals surface area contributed by atoms with E-state index >= 15 is 0 Å². The number of benzene rings is 1. The Morgan fingerprint density at radius 2 is 2.15 bits per heavy atom. The fourth-order valence-corrected chi connectivity index (χ4v) is 2.89. The van der Waals surface area contributed by atoms with Crippen LogP contribution in [0.5, 0.6) is 0 Å². The first-order valence-electron chi connectivity index (χ1n) is 6.56. The highest BCUT2D eigenvalue weighted by Crippen LogP contribution is 2.48. The summed E-state index contributed by atoms with van der Waals surface area (Å²) in [5.74, 6) is -0.141. The van der Waals surface area contributed by atoms with Crippen molar-refractivity contribution in [3.63, 3.8) is 0 Å². The van der Waals surface area contributed by atoms with Crippen LogP contribution >= 0.6 is 11.3 Å². The van der Waals surface area contributed by atoms with E-state index in [9.17, 15) is 9.18 Å². The van der Waals surface area contributed by atoms with E-state index in [-0.39, 0.29) is 23.6 Å². The zero-order valence-electron chi connectivity index (χ0n) is 11.0. The first-order chi connectivity index (χ1) is 9.67. The molecule has 2 aromatic rings. The van der Waals surface area contributed by atoms with E-state index < -0.39 is 0 Å². The molecule has 0 saturated heterocycles. The van der Waals surface area contributed by atoms with E-state index in [2.05, 4.69) is 15.5 Å². The van der Waals surface area contributed by atoms with Crippen molar-refractivity contribution in [2.75, 3.05) is 5.32 Å². The third-order valence-electron chi connectivity index (χ3n) is 3.42. The molecule has 1 aromatic heterocycles. The molecule has 20 heavy (non-hydrogen) atoms. The lowest BCUT2D eigenvalue weighted by atomic mass is 10.1. The Morgan fingerprint density at radius 3 is 2.80 bits per heavy atom. The van der Waals surface area contributed by atoms with Crippen LogP contribution in [0, 0.1) is 11.7 Å². The Bertz CT molecular complexity index is 626. The first kappa shape index (κ1) is 13.2. The molecule has 104 valence electrons. The predicted octanol–water partition coefficient (Wildman–Crippen LogP) is 2.98. The third-order valence-corrected chi connectivity index (χ3v) is 4.41. The quantitative estimate of drug-likeness (QED) is 0.942. The van der Waals surface area contributed by atoms with Crippen molar-refractivity contribution in [2.45, 2.75) is 25.7 Å². The number of carbonyl (C=O) groups excluding carboxylic acids is 1. The van der Waals surface area contributed by atoms with Crippen LogP contribution in [-0.4, -0.2) is 16.1 Å². The lowest BCUT2D eigenvalue weighted by Gasteiger charge is -2.01. The zero-order valence-corrected chi connectivity index (χ0v) is 11.8. The number of nitrogens with zero attached hydrogens (tertiary/aromatic N) is 2. The van der Waals surface area contributed by atoms with Gasteiger partial charge in [-0.15, -0.1) is 10.2 Å². The monoisotopic (exact) mass is 291 g/mol. The fourth-order valence-electron chi connectivity index (χ4n) is 2.21. The topological polar surface area (TPSA) is 54.9 Å². The molecule has 4 nitrogen and oxygen atoms in total. The minimum absolute atomic E-state index is 0.0295. The van der Waals surface area contributed by atoms with Crippen molar-refractivity contribution >= 4 is 22.4 Å². The summed E-state index contributed by atoms with van der Waals surface area (Å²) in [4.78, 5) is 12.1. The molecule has 1 fully saturated rings. The number of anilines is 1. The predicted molar refractivity (Wildman–Crippen MR) is 75.2 cm³/mol. The van der Waals surface area contributed by atoms with Gasteiger partial charge in [0, 0.05) is 5.92 Å². The Balaban J connectivity index is 1.61. The third kappa shape index (κ3) is 2.70. The summed E-state index contributed by atoms with van der Waals surface area (Å²) in [6.45, 7) is 2.00. The number of aromatic nitrogens is 2. The van der Waals surface area contributed by atoms with Crippen LogP contribution in [-0.2, 0) is 11.2 Å². The second-order valence-electron chi connectivity index (χ2n) is 4.84. The Hall–Kier alpha value is -1.82. The number of hydrogen-bond donors (Lipinski definition) is 1. The van der Waals surface area contributed by atoms with Crippen molar-refractivity contribution in [3.8, 4) is 0 Å². The molecule has 3 rings (SSSR count). The van der Waals surface area contributed by atoms with E-state index in [1.165, 1.54) is 23.5 Å². The summed E-state index contributed by atoms with van der Waals surface area (Å²) in [6.07, 6.45) is 1.62. The number of rotatable bonds is 4. The van der Waals surface area contributed by atoms with E-state index in [1.807, 2.05) is 6.92 Å². The van der Waals surface area contributed by atoms with Gasteiger partial charge < -0.3 is 5.32 Å². The van der Waals surface area contributed by atoms with Gasteiger partial charge in [0.1, 0.15) is 10.8 Å². The summed E-state index contributed by atoms with van der Waals surface area (Å²) < 4.78 is 12.9. The van der Waals surface area contributed by atoms with Crippen molar-refractivity contribution < 1.29 is 9.18 Å². The summed E-state index contributed by atoms with van der Waals surface area (Å²) in [5.41, 5.74) is 1.01. The van der Waals surface area contributed by atoms with Crippen LogP contribution in [0.2, 0.25) is 0 Å². The number of aryl methyl sites for hydroxylation is 1. The van der Waals surface area contributed by atoms with Gasteiger partial charge in [0.25, 0.3) is 0 Å². The van der Waals surface area contributed by atoms with Crippen molar-refractivity contribution in [1.29, 1.82) is 0 Å². The minimum Gasteiger partial charge on any atom is -0.300 e. The Kier molecular flexibility index (Phi) is 3.48. The van der Waals surface area contributed by atoms with Gasteiger partial charge in [-0.05, 0) is 36.5 Å². The van der Waals surface area contributed by atoms with Crippen LogP contribution in [0.15, 0.2) is 24.3 Å². The van der Waals surface area contributed by atoms with Gasteiger partial charge >= 0.3 is 0 Å². The summed E-state index contributed by atoms with van der Waals surface area (Å²) in [6, 6.07) is 6.35. The molecule has 0 bridgehead atoms. The highest BCUT2D eigenvalue weighted by atomic mass is 32.1. The van der Waals surface area contributed by atoms with E-state index in [1.54, 1.807) is 12.1 Å².